The van der Waals surface area contributed by atoms with Crippen LogP contribution in [-0.2, 0) is 21.2 Å². The first-order valence-electron chi connectivity index (χ1n) is 8.59. The lowest BCUT2D eigenvalue weighted by Crippen LogP contribution is -2.48. The second-order valence-corrected chi connectivity index (χ2v) is 8.56. The maximum atomic E-state index is 12.8. The Hall–Kier alpha value is -2.09. The molecular formula is C19H21ClN2O4S. The maximum Gasteiger partial charge on any atom is 0.241 e. The second kappa shape index (κ2) is 8.29. The van der Waals surface area contributed by atoms with Crippen molar-refractivity contribution in [1.82, 2.24) is 10.0 Å². The highest BCUT2D eigenvalue weighted by Gasteiger charge is 2.31. The Labute approximate surface area is 163 Å². The first kappa shape index (κ1) is 19.7. The summed E-state index contributed by atoms with van der Waals surface area (Å²) in [6.07, 6.45) is 2.10. The third-order valence-electron chi connectivity index (χ3n) is 4.25. The van der Waals surface area contributed by atoms with Crippen LogP contribution in [0.4, 0.5) is 0 Å². The highest BCUT2D eigenvalue weighted by Crippen LogP contribution is 2.27. The molecule has 0 radical (unpaired) electrons. The Bertz CT molecular complexity index is 915. The molecule has 0 heterocycles. The third kappa shape index (κ3) is 5.22. The van der Waals surface area contributed by atoms with Crippen molar-refractivity contribution in [3.63, 3.8) is 0 Å². The van der Waals surface area contributed by atoms with Gasteiger partial charge in [0.25, 0.3) is 0 Å². The number of sulfonamides is 1. The molecule has 2 aromatic carbocycles. The van der Waals surface area contributed by atoms with Crippen LogP contribution >= 0.6 is 11.6 Å². The third-order valence-corrected chi connectivity index (χ3v) is 6.02. The van der Waals surface area contributed by atoms with Gasteiger partial charge in [-0.2, -0.15) is 4.72 Å². The Balaban J connectivity index is 1.82. The molecule has 2 N–H and O–H groups in total. The van der Waals surface area contributed by atoms with E-state index >= 15 is 0 Å². The van der Waals surface area contributed by atoms with E-state index in [1.165, 1.54) is 25.3 Å². The summed E-state index contributed by atoms with van der Waals surface area (Å²) in [5.41, 5.74) is 0.865. The summed E-state index contributed by atoms with van der Waals surface area (Å²) in [6, 6.07) is 12.7. The van der Waals surface area contributed by atoms with Gasteiger partial charge in [0, 0.05) is 6.04 Å². The number of hydrogen-bond donors (Lipinski definition) is 2. The zero-order chi connectivity index (χ0) is 19.4. The average Bonchev–Trinajstić information content (AvgIpc) is 3.45. The zero-order valence-electron chi connectivity index (χ0n) is 14.8. The minimum absolute atomic E-state index is 0.0226. The smallest absolute Gasteiger partial charge is 0.241 e. The molecule has 8 heteroatoms. The quantitative estimate of drug-likeness (QED) is 0.702. The largest absolute Gasteiger partial charge is 0.495 e. The van der Waals surface area contributed by atoms with E-state index in [1.54, 1.807) is 0 Å². The van der Waals surface area contributed by atoms with Crippen LogP contribution in [0.15, 0.2) is 53.4 Å². The van der Waals surface area contributed by atoms with Crippen molar-refractivity contribution < 1.29 is 17.9 Å². The summed E-state index contributed by atoms with van der Waals surface area (Å²) in [7, 11) is -2.49. The van der Waals surface area contributed by atoms with Gasteiger partial charge < -0.3 is 10.1 Å². The first-order valence-corrected chi connectivity index (χ1v) is 10.5. The molecule has 0 aliphatic heterocycles. The molecule has 0 spiro atoms. The number of nitrogens with one attached hydrogen (secondary N) is 2. The number of hydrogen-bond acceptors (Lipinski definition) is 4. The number of rotatable bonds is 8. The van der Waals surface area contributed by atoms with Crippen LogP contribution in [0.5, 0.6) is 5.75 Å². The number of carbonyl (C=O) groups excluding carboxylic acids is 1. The second-order valence-electron chi connectivity index (χ2n) is 6.44. The van der Waals surface area contributed by atoms with E-state index in [9.17, 15) is 13.2 Å². The van der Waals surface area contributed by atoms with Crippen molar-refractivity contribution in [3.05, 3.63) is 59.1 Å². The van der Waals surface area contributed by atoms with Gasteiger partial charge in [0.15, 0.2) is 0 Å². The van der Waals surface area contributed by atoms with Gasteiger partial charge in [-0.1, -0.05) is 41.9 Å². The molecular weight excluding hydrogens is 388 g/mol. The number of methoxy groups -OCH3 is 1. The van der Waals surface area contributed by atoms with Crippen molar-refractivity contribution >= 4 is 27.5 Å². The molecule has 1 aliphatic carbocycles. The number of carbonyl (C=O) groups is 1. The standard InChI is InChI=1S/C19H21ClN2O4S/c1-26-18-10-9-15(12-16(18)20)27(24,25)22-17(19(23)21-14-7-8-14)11-13-5-3-2-4-6-13/h2-6,9-10,12,14,17,22H,7-8,11H2,1H3,(H,21,23)/t17-/m0/s1. The summed E-state index contributed by atoms with van der Waals surface area (Å²) >= 11 is 6.05. The number of amides is 1. The van der Waals surface area contributed by atoms with Crippen LogP contribution in [-0.4, -0.2) is 33.5 Å². The SMILES string of the molecule is COc1ccc(S(=O)(=O)N[C@@H](Cc2ccccc2)C(=O)NC2CC2)cc1Cl. The van der Waals surface area contributed by atoms with E-state index in [1.807, 2.05) is 30.3 Å². The van der Waals surface area contributed by atoms with E-state index in [4.69, 9.17) is 16.3 Å². The molecule has 1 saturated carbocycles. The van der Waals surface area contributed by atoms with Crippen molar-refractivity contribution in [3.8, 4) is 5.75 Å². The van der Waals surface area contributed by atoms with Crippen molar-refractivity contribution in [2.24, 2.45) is 0 Å². The van der Waals surface area contributed by atoms with Gasteiger partial charge in [0.05, 0.1) is 17.0 Å². The number of halogens is 1. The summed E-state index contributed by atoms with van der Waals surface area (Å²) in [5, 5.41) is 3.05. The number of benzene rings is 2. The molecule has 27 heavy (non-hydrogen) atoms. The fraction of sp³-hybridized carbons (Fsp3) is 0.316. The average molecular weight is 409 g/mol. The molecule has 6 nitrogen and oxygen atoms in total. The lowest BCUT2D eigenvalue weighted by Gasteiger charge is -2.19. The Morgan fingerprint density at radius 1 is 1.22 bits per heavy atom. The maximum absolute atomic E-state index is 12.8. The summed E-state index contributed by atoms with van der Waals surface area (Å²) in [5.74, 6) is 0.0486. The molecule has 2 aromatic rings. The van der Waals surface area contributed by atoms with Gasteiger partial charge in [0.2, 0.25) is 15.9 Å². The van der Waals surface area contributed by atoms with E-state index in [-0.39, 0.29) is 28.3 Å². The number of ether oxygens (including phenoxy) is 1. The predicted molar refractivity (Wildman–Crippen MR) is 103 cm³/mol. The monoisotopic (exact) mass is 408 g/mol. The normalized spacial score (nSPS) is 15.2. The lowest BCUT2D eigenvalue weighted by molar-refractivity contribution is -0.122. The Kier molecular flexibility index (Phi) is 6.04. The molecule has 1 atom stereocenters. The predicted octanol–water partition coefficient (Wildman–Crippen LogP) is 2.52. The van der Waals surface area contributed by atoms with Gasteiger partial charge in [-0.25, -0.2) is 8.42 Å². The van der Waals surface area contributed by atoms with Crippen molar-refractivity contribution in [2.45, 2.75) is 36.2 Å². The molecule has 1 amide bonds. The van der Waals surface area contributed by atoms with E-state index in [2.05, 4.69) is 10.0 Å². The zero-order valence-corrected chi connectivity index (χ0v) is 16.4. The minimum Gasteiger partial charge on any atom is -0.495 e. The molecule has 144 valence electrons. The van der Waals surface area contributed by atoms with Crippen LogP contribution in [0.25, 0.3) is 0 Å². The van der Waals surface area contributed by atoms with Gasteiger partial charge >= 0.3 is 0 Å². The van der Waals surface area contributed by atoms with Crippen LogP contribution in [0.2, 0.25) is 5.02 Å². The van der Waals surface area contributed by atoms with Crippen LogP contribution < -0.4 is 14.8 Å². The molecule has 1 aliphatic rings. The van der Waals surface area contributed by atoms with Crippen molar-refractivity contribution in [1.29, 1.82) is 0 Å². The fourth-order valence-electron chi connectivity index (χ4n) is 2.64. The highest BCUT2D eigenvalue weighted by atomic mass is 35.5. The van der Waals surface area contributed by atoms with Crippen molar-refractivity contribution in [2.75, 3.05) is 7.11 Å². The molecule has 0 bridgehead atoms. The van der Waals surface area contributed by atoms with Gasteiger partial charge in [-0.15, -0.1) is 0 Å². The topological polar surface area (TPSA) is 84.5 Å². The molecule has 3 rings (SSSR count). The molecule has 0 aromatic heterocycles. The van der Waals surface area contributed by atoms with E-state index in [0.717, 1.165) is 18.4 Å². The first-order chi connectivity index (χ1) is 12.9. The van der Waals surface area contributed by atoms with E-state index in [0.29, 0.717) is 5.75 Å². The summed E-state index contributed by atoms with van der Waals surface area (Å²) < 4.78 is 33.2. The fourth-order valence-corrected chi connectivity index (χ4v) is 4.18. The summed E-state index contributed by atoms with van der Waals surface area (Å²) in [6.45, 7) is 0. The van der Waals surface area contributed by atoms with Crippen LogP contribution in [0.1, 0.15) is 18.4 Å². The van der Waals surface area contributed by atoms with E-state index < -0.39 is 16.1 Å². The van der Waals surface area contributed by atoms with Crippen LogP contribution in [0, 0.1) is 0 Å². The summed E-state index contributed by atoms with van der Waals surface area (Å²) in [4.78, 5) is 12.6. The lowest BCUT2D eigenvalue weighted by atomic mass is 10.1. The Morgan fingerprint density at radius 2 is 1.93 bits per heavy atom. The Morgan fingerprint density at radius 3 is 2.52 bits per heavy atom. The molecule has 1 fully saturated rings. The van der Waals surface area contributed by atoms with Gasteiger partial charge in [-0.3, -0.25) is 4.79 Å². The minimum atomic E-state index is -3.94. The van der Waals surface area contributed by atoms with Crippen LogP contribution in [0.3, 0.4) is 0 Å². The molecule has 0 unspecified atom stereocenters. The highest BCUT2D eigenvalue weighted by molar-refractivity contribution is 7.89. The van der Waals surface area contributed by atoms with Gasteiger partial charge in [-0.05, 0) is 43.0 Å². The molecule has 0 saturated heterocycles. The van der Waals surface area contributed by atoms with Gasteiger partial charge in [0.1, 0.15) is 11.8 Å².